The molecule has 4 heteroatoms. The number of nitrogen functional groups attached to an aromatic ring is 1. The molecule has 0 saturated carbocycles. The number of hydrogen-bond acceptors (Lipinski definition) is 3. The van der Waals surface area contributed by atoms with Gasteiger partial charge in [-0.3, -0.25) is 0 Å². The van der Waals surface area contributed by atoms with E-state index in [0.717, 1.165) is 18.5 Å². The minimum absolute atomic E-state index is 0.0521. The lowest BCUT2D eigenvalue weighted by Gasteiger charge is -2.01. The third kappa shape index (κ3) is 2.90. The first kappa shape index (κ1) is 12.6. The lowest BCUT2D eigenvalue weighted by Crippen LogP contribution is -2.07. The Hall–Kier alpha value is -1.81. The van der Waals surface area contributed by atoms with Crippen molar-refractivity contribution in [1.82, 2.24) is 9.78 Å². The summed E-state index contributed by atoms with van der Waals surface area (Å²) in [6.45, 7) is 2.64. The molecule has 0 amide bonds. The van der Waals surface area contributed by atoms with Gasteiger partial charge in [-0.05, 0) is 17.5 Å². The fourth-order valence-electron chi connectivity index (χ4n) is 1.95. The van der Waals surface area contributed by atoms with Gasteiger partial charge in [0.05, 0.1) is 18.8 Å². The maximum atomic E-state index is 8.88. The number of anilines is 1. The summed E-state index contributed by atoms with van der Waals surface area (Å²) >= 11 is 0. The Bertz CT molecular complexity index is 502. The maximum absolute atomic E-state index is 8.88. The van der Waals surface area contributed by atoms with Crippen LogP contribution in [-0.4, -0.2) is 21.5 Å². The summed E-state index contributed by atoms with van der Waals surface area (Å²) in [6.07, 6.45) is 1.82. The number of aryl methyl sites for hydroxylation is 1. The molecule has 1 aromatic heterocycles. The van der Waals surface area contributed by atoms with Crippen LogP contribution in [0.4, 0.5) is 5.82 Å². The predicted octanol–water partition coefficient (Wildman–Crippen LogP) is 1.61. The van der Waals surface area contributed by atoms with E-state index in [4.69, 9.17) is 10.8 Å². The number of benzene rings is 1. The van der Waals surface area contributed by atoms with Crippen molar-refractivity contribution < 1.29 is 5.11 Å². The molecule has 3 N–H and O–H groups in total. The highest BCUT2D eigenvalue weighted by atomic mass is 16.3. The molecule has 0 atom stereocenters. The molecular formula is C14H19N3O. The first-order valence-corrected chi connectivity index (χ1v) is 6.23. The summed E-state index contributed by atoms with van der Waals surface area (Å²) in [5.41, 5.74) is 9.31. The third-order valence-corrected chi connectivity index (χ3v) is 2.99. The molecule has 1 heterocycles. The monoisotopic (exact) mass is 245 g/mol. The van der Waals surface area contributed by atoms with Crippen LogP contribution in [0, 0.1) is 0 Å². The second-order valence-corrected chi connectivity index (χ2v) is 4.35. The quantitative estimate of drug-likeness (QED) is 0.841. The summed E-state index contributed by atoms with van der Waals surface area (Å²) in [4.78, 5) is 0. The van der Waals surface area contributed by atoms with Crippen molar-refractivity contribution in [2.45, 2.75) is 26.3 Å². The molecule has 4 nitrogen and oxygen atoms in total. The average Bonchev–Trinajstić information content (AvgIpc) is 2.71. The Balaban J connectivity index is 2.10. The van der Waals surface area contributed by atoms with Gasteiger partial charge in [0.15, 0.2) is 0 Å². The molecule has 0 fully saturated rings. The van der Waals surface area contributed by atoms with E-state index in [1.807, 2.05) is 6.07 Å². The Kier molecular flexibility index (Phi) is 3.99. The molecule has 0 saturated heterocycles. The second-order valence-electron chi connectivity index (χ2n) is 4.35. The Morgan fingerprint density at radius 1 is 1.22 bits per heavy atom. The molecule has 0 unspecified atom stereocenters. The Labute approximate surface area is 107 Å². The largest absolute Gasteiger partial charge is 0.394 e. The third-order valence-electron chi connectivity index (χ3n) is 2.99. The van der Waals surface area contributed by atoms with Crippen molar-refractivity contribution in [2.24, 2.45) is 0 Å². The van der Waals surface area contributed by atoms with Crippen molar-refractivity contribution >= 4 is 5.82 Å². The molecule has 2 aromatic rings. The van der Waals surface area contributed by atoms with Crippen LogP contribution in [0.25, 0.3) is 0 Å². The minimum Gasteiger partial charge on any atom is -0.394 e. The highest BCUT2D eigenvalue weighted by Crippen LogP contribution is 2.13. The van der Waals surface area contributed by atoms with Gasteiger partial charge in [0.2, 0.25) is 0 Å². The topological polar surface area (TPSA) is 64.1 Å². The zero-order valence-corrected chi connectivity index (χ0v) is 10.6. The van der Waals surface area contributed by atoms with E-state index in [1.165, 1.54) is 11.1 Å². The molecule has 2 rings (SSSR count). The zero-order chi connectivity index (χ0) is 13.0. The number of aromatic nitrogens is 2. The molecular weight excluding hydrogens is 226 g/mol. The van der Waals surface area contributed by atoms with Crippen LogP contribution in [0.1, 0.15) is 23.7 Å². The summed E-state index contributed by atoms with van der Waals surface area (Å²) in [6, 6.07) is 10.4. The number of nitrogens with zero attached hydrogens (tertiary/aromatic N) is 2. The van der Waals surface area contributed by atoms with Gasteiger partial charge in [-0.2, -0.15) is 5.10 Å². The smallest absolute Gasteiger partial charge is 0.122 e. The normalized spacial score (nSPS) is 10.8. The van der Waals surface area contributed by atoms with Gasteiger partial charge in [-0.25, -0.2) is 4.68 Å². The van der Waals surface area contributed by atoms with Crippen molar-refractivity contribution in [3.63, 3.8) is 0 Å². The molecule has 1 aromatic carbocycles. The van der Waals surface area contributed by atoms with Crippen LogP contribution in [0.5, 0.6) is 0 Å². The number of hydrogen-bond donors (Lipinski definition) is 2. The number of nitrogens with two attached hydrogens (primary N) is 1. The van der Waals surface area contributed by atoms with Crippen molar-refractivity contribution in [1.29, 1.82) is 0 Å². The van der Waals surface area contributed by atoms with Gasteiger partial charge >= 0.3 is 0 Å². The average molecular weight is 245 g/mol. The van der Waals surface area contributed by atoms with E-state index in [9.17, 15) is 0 Å². The fourth-order valence-corrected chi connectivity index (χ4v) is 1.95. The summed E-state index contributed by atoms with van der Waals surface area (Å²) in [5, 5.41) is 13.3. The number of rotatable bonds is 5. The van der Waals surface area contributed by atoms with Crippen LogP contribution < -0.4 is 5.73 Å². The molecule has 0 aliphatic heterocycles. The van der Waals surface area contributed by atoms with Gasteiger partial charge < -0.3 is 10.8 Å². The zero-order valence-electron chi connectivity index (χ0n) is 10.6. The molecule has 0 radical (unpaired) electrons. The van der Waals surface area contributed by atoms with Gasteiger partial charge in [-0.15, -0.1) is 0 Å². The van der Waals surface area contributed by atoms with Gasteiger partial charge in [0.25, 0.3) is 0 Å². The number of aliphatic hydroxyl groups excluding tert-OH is 1. The van der Waals surface area contributed by atoms with E-state index in [-0.39, 0.29) is 6.61 Å². The van der Waals surface area contributed by atoms with E-state index < -0.39 is 0 Å². The summed E-state index contributed by atoms with van der Waals surface area (Å²) in [5.74, 6) is 0.601. The SMILES string of the molecule is CCc1ccc(Cc2cc(N)n(CCO)n2)cc1. The van der Waals surface area contributed by atoms with E-state index in [1.54, 1.807) is 4.68 Å². The van der Waals surface area contributed by atoms with Crippen molar-refractivity contribution in [3.05, 3.63) is 47.2 Å². The molecule has 0 spiro atoms. The second kappa shape index (κ2) is 5.69. The summed E-state index contributed by atoms with van der Waals surface area (Å²) < 4.78 is 1.63. The highest BCUT2D eigenvalue weighted by molar-refractivity contribution is 5.34. The lowest BCUT2D eigenvalue weighted by molar-refractivity contribution is 0.270. The molecule has 0 aliphatic carbocycles. The van der Waals surface area contributed by atoms with Crippen LogP contribution in [0.15, 0.2) is 30.3 Å². The van der Waals surface area contributed by atoms with Crippen LogP contribution in [0.2, 0.25) is 0 Å². The van der Waals surface area contributed by atoms with E-state index in [0.29, 0.717) is 12.4 Å². The van der Waals surface area contributed by atoms with Gasteiger partial charge in [0, 0.05) is 12.5 Å². The van der Waals surface area contributed by atoms with E-state index in [2.05, 4.69) is 36.3 Å². The predicted molar refractivity (Wildman–Crippen MR) is 72.4 cm³/mol. The standard InChI is InChI=1S/C14H19N3O/c1-2-11-3-5-12(6-4-11)9-13-10-14(15)17(16-13)7-8-18/h3-6,10,18H,2,7-9,15H2,1H3. The van der Waals surface area contributed by atoms with Crippen LogP contribution in [-0.2, 0) is 19.4 Å². The Morgan fingerprint density at radius 3 is 2.50 bits per heavy atom. The van der Waals surface area contributed by atoms with Gasteiger partial charge in [-0.1, -0.05) is 31.2 Å². The minimum atomic E-state index is 0.0521. The van der Waals surface area contributed by atoms with E-state index >= 15 is 0 Å². The van der Waals surface area contributed by atoms with Crippen molar-refractivity contribution in [3.8, 4) is 0 Å². The molecule has 0 aliphatic rings. The van der Waals surface area contributed by atoms with Crippen LogP contribution in [0.3, 0.4) is 0 Å². The molecule has 0 bridgehead atoms. The molecule has 96 valence electrons. The van der Waals surface area contributed by atoms with Crippen LogP contribution >= 0.6 is 0 Å². The first-order valence-electron chi connectivity index (χ1n) is 6.23. The highest BCUT2D eigenvalue weighted by Gasteiger charge is 2.05. The van der Waals surface area contributed by atoms with Gasteiger partial charge in [0.1, 0.15) is 5.82 Å². The summed E-state index contributed by atoms with van der Waals surface area (Å²) in [7, 11) is 0. The lowest BCUT2D eigenvalue weighted by atomic mass is 10.1. The van der Waals surface area contributed by atoms with Crippen molar-refractivity contribution in [2.75, 3.05) is 12.3 Å². The first-order chi connectivity index (χ1) is 8.72. The number of aliphatic hydroxyl groups is 1. The molecule has 18 heavy (non-hydrogen) atoms. The fraction of sp³-hybridized carbons (Fsp3) is 0.357. The maximum Gasteiger partial charge on any atom is 0.122 e. The Morgan fingerprint density at radius 2 is 1.89 bits per heavy atom.